The van der Waals surface area contributed by atoms with Gasteiger partial charge in [-0.2, -0.15) is 0 Å². The molecule has 0 atom stereocenters. The topological polar surface area (TPSA) is 33.2 Å². The molecule has 7 heteroatoms. The minimum Gasteiger partial charge on any atom is -0.340 e. The number of thioether (sulfide) groups is 1. The van der Waals surface area contributed by atoms with E-state index in [2.05, 4.69) is 4.98 Å². The van der Waals surface area contributed by atoms with Gasteiger partial charge >= 0.3 is 0 Å². The number of hydrogen-bond donors (Lipinski definition) is 0. The van der Waals surface area contributed by atoms with Crippen LogP contribution in [-0.4, -0.2) is 28.6 Å². The van der Waals surface area contributed by atoms with Gasteiger partial charge in [-0.3, -0.25) is 4.79 Å². The summed E-state index contributed by atoms with van der Waals surface area (Å²) < 4.78 is 0.732. The third kappa shape index (κ3) is 4.38. The second-order valence-electron chi connectivity index (χ2n) is 4.03. The number of pyridine rings is 1. The Morgan fingerprint density at radius 2 is 2.20 bits per heavy atom. The Balaban J connectivity index is 1.87. The van der Waals surface area contributed by atoms with Crippen LogP contribution in [0, 0.1) is 0 Å². The second-order valence-corrected chi connectivity index (χ2v) is 7.21. The molecule has 20 heavy (non-hydrogen) atoms. The van der Waals surface area contributed by atoms with Gasteiger partial charge in [0.25, 0.3) is 0 Å². The molecule has 3 nitrogen and oxygen atoms in total. The molecule has 0 unspecified atom stereocenters. The molecule has 2 aromatic rings. The lowest BCUT2D eigenvalue weighted by atomic mass is 10.4. The second kappa shape index (κ2) is 7.31. The molecule has 0 aliphatic rings. The standard InChI is InChI=1S/C13H12Cl2N2OS2/c1-17(7-9-4-5-11(15)20-9)12(18)8-19-13-10(14)3-2-6-16-13/h2-6H,7-8H2,1H3. The summed E-state index contributed by atoms with van der Waals surface area (Å²) in [7, 11) is 1.77. The zero-order valence-electron chi connectivity index (χ0n) is 10.7. The van der Waals surface area contributed by atoms with E-state index in [4.69, 9.17) is 23.2 Å². The molecule has 0 spiro atoms. The minimum absolute atomic E-state index is 0.0289. The molecular weight excluding hydrogens is 335 g/mol. The van der Waals surface area contributed by atoms with Crippen molar-refractivity contribution in [2.45, 2.75) is 11.6 Å². The van der Waals surface area contributed by atoms with E-state index in [1.807, 2.05) is 12.1 Å². The van der Waals surface area contributed by atoms with Crippen molar-refractivity contribution in [3.8, 4) is 0 Å². The van der Waals surface area contributed by atoms with Crippen LogP contribution in [0.15, 0.2) is 35.5 Å². The van der Waals surface area contributed by atoms with Gasteiger partial charge in [0, 0.05) is 18.1 Å². The SMILES string of the molecule is CN(Cc1ccc(Cl)s1)C(=O)CSc1ncccc1Cl. The summed E-state index contributed by atoms with van der Waals surface area (Å²) in [5, 5.41) is 1.24. The first-order valence-electron chi connectivity index (χ1n) is 5.78. The highest BCUT2D eigenvalue weighted by Gasteiger charge is 2.12. The van der Waals surface area contributed by atoms with Crippen molar-refractivity contribution in [3.05, 3.63) is 44.7 Å². The fourth-order valence-corrected chi connectivity index (χ4v) is 3.72. The number of halogens is 2. The van der Waals surface area contributed by atoms with Crippen molar-refractivity contribution in [1.82, 2.24) is 9.88 Å². The lowest BCUT2D eigenvalue weighted by Gasteiger charge is -2.15. The Labute approximate surface area is 135 Å². The molecule has 0 N–H and O–H groups in total. The molecule has 2 aromatic heterocycles. The maximum atomic E-state index is 12.0. The summed E-state index contributed by atoms with van der Waals surface area (Å²) in [5.41, 5.74) is 0. The molecule has 0 saturated carbocycles. The number of nitrogens with zero attached hydrogens (tertiary/aromatic N) is 2. The molecule has 0 aliphatic heterocycles. The van der Waals surface area contributed by atoms with Crippen molar-refractivity contribution in [2.75, 3.05) is 12.8 Å². The monoisotopic (exact) mass is 346 g/mol. The number of carbonyl (C=O) groups is 1. The third-order valence-electron chi connectivity index (χ3n) is 2.50. The molecule has 1 amide bonds. The Morgan fingerprint density at radius 1 is 1.40 bits per heavy atom. The first-order chi connectivity index (χ1) is 9.56. The van der Waals surface area contributed by atoms with E-state index >= 15 is 0 Å². The Morgan fingerprint density at radius 3 is 2.85 bits per heavy atom. The molecule has 0 aromatic carbocycles. The number of amides is 1. The molecule has 2 rings (SSSR count). The van der Waals surface area contributed by atoms with Crippen LogP contribution in [0.3, 0.4) is 0 Å². The van der Waals surface area contributed by atoms with Crippen molar-refractivity contribution < 1.29 is 4.79 Å². The van der Waals surface area contributed by atoms with Gasteiger partial charge in [0.15, 0.2) is 0 Å². The molecule has 0 aliphatic carbocycles. The van der Waals surface area contributed by atoms with Gasteiger partial charge in [-0.1, -0.05) is 35.0 Å². The Hall–Kier alpha value is -0.750. The average molecular weight is 347 g/mol. The smallest absolute Gasteiger partial charge is 0.233 e. The molecule has 106 valence electrons. The average Bonchev–Trinajstić information content (AvgIpc) is 2.82. The van der Waals surface area contributed by atoms with Crippen LogP contribution in [0.1, 0.15) is 4.88 Å². The van der Waals surface area contributed by atoms with Crippen LogP contribution in [0.5, 0.6) is 0 Å². The van der Waals surface area contributed by atoms with E-state index in [9.17, 15) is 4.79 Å². The van der Waals surface area contributed by atoms with Crippen LogP contribution >= 0.6 is 46.3 Å². The molecular formula is C13H12Cl2N2OS2. The highest BCUT2D eigenvalue weighted by Crippen LogP contribution is 2.25. The maximum Gasteiger partial charge on any atom is 0.233 e. The zero-order valence-corrected chi connectivity index (χ0v) is 13.8. The van der Waals surface area contributed by atoms with E-state index in [1.165, 1.54) is 23.1 Å². The number of aromatic nitrogens is 1. The van der Waals surface area contributed by atoms with Crippen molar-refractivity contribution in [1.29, 1.82) is 0 Å². The Bertz CT molecular complexity index is 604. The van der Waals surface area contributed by atoms with E-state index in [-0.39, 0.29) is 5.91 Å². The summed E-state index contributed by atoms with van der Waals surface area (Å²) in [5.74, 6) is 0.341. The van der Waals surface area contributed by atoms with E-state index < -0.39 is 0 Å². The highest BCUT2D eigenvalue weighted by atomic mass is 35.5. The van der Waals surface area contributed by atoms with E-state index in [0.717, 1.165) is 9.21 Å². The van der Waals surface area contributed by atoms with Crippen molar-refractivity contribution in [3.63, 3.8) is 0 Å². The molecule has 2 heterocycles. The molecule has 0 saturated heterocycles. The van der Waals surface area contributed by atoms with Crippen LogP contribution in [0.2, 0.25) is 9.36 Å². The van der Waals surface area contributed by atoms with Gasteiger partial charge in [-0.25, -0.2) is 4.98 Å². The summed E-state index contributed by atoms with van der Waals surface area (Å²) in [6, 6.07) is 7.29. The van der Waals surface area contributed by atoms with E-state index in [1.54, 1.807) is 30.3 Å². The largest absolute Gasteiger partial charge is 0.340 e. The lowest BCUT2D eigenvalue weighted by Crippen LogP contribution is -2.27. The predicted octanol–water partition coefficient (Wildman–Crippen LogP) is 4.20. The fraction of sp³-hybridized carbons (Fsp3) is 0.231. The predicted molar refractivity (Wildman–Crippen MR) is 85.8 cm³/mol. The zero-order chi connectivity index (χ0) is 14.5. The first kappa shape index (κ1) is 15.6. The molecule has 0 fully saturated rings. The van der Waals surface area contributed by atoms with Gasteiger partial charge in [0.05, 0.1) is 21.7 Å². The minimum atomic E-state index is 0.0289. The third-order valence-corrected chi connectivity index (χ3v) is 5.13. The van der Waals surface area contributed by atoms with Crippen LogP contribution in [-0.2, 0) is 11.3 Å². The number of thiophene rings is 1. The summed E-state index contributed by atoms with van der Waals surface area (Å²) in [4.78, 5) is 18.9. The Kier molecular flexibility index (Phi) is 5.72. The summed E-state index contributed by atoms with van der Waals surface area (Å²) >= 11 is 14.7. The van der Waals surface area contributed by atoms with Crippen LogP contribution in [0.4, 0.5) is 0 Å². The van der Waals surface area contributed by atoms with Crippen LogP contribution < -0.4 is 0 Å². The maximum absolute atomic E-state index is 12.0. The summed E-state index contributed by atoms with van der Waals surface area (Å²) in [6.07, 6.45) is 1.66. The first-order valence-corrected chi connectivity index (χ1v) is 8.33. The number of hydrogen-bond acceptors (Lipinski definition) is 4. The highest BCUT2D eigenvalue weighted by molar-refractivity contribution is 8.00. The normalized spacial score (nSPS) is 10.6. The fourth-order valence-electron chi connectivity index (χ4n) is 1.48. The van der Waals surface area contributed by atoms with Gasteiger partial charge in [0.1, 0.15) is 5.03 Å². The molecule has 0 bridgehead atoms. The van der Waals surface area contributed by atoms with Gasteiger partial charge in [-0.05, 0) is 24.3 Å². The van der Waals surface area contributed by atoms with Crippen LogP contribution in [0.25, 0.3) is 0 Å². The van der Waals surface area contributed by atoms with Crippen molar-refractivity contribution >= 4 is 52.2 Å². The molecule has 0 radical (unpaired) electrons. The van der Waals surface area contributed by atoms with E-state index in [0.29, 0.717) is 22.3 Å². The van der Waals surface area contributed by atoms with Gasteiger partial charge in [0.2, 0.25) is 5.91 Å². The van der Waals surface area contributed by atoms with Gasteiger partial charge in [-0.15, -0.1) is 11.3 Å². The number of carbonyl (C=O) groups excluding carboxylic acids is 1. The lowest BCUT2D eigenvalue weighted by molar-refractivity contribution is -0.127. The summed E-state index contributed by atoms with van der Waals surface area (Å²) in [6.45, 7) is 0.562. The number of rotatable bonds is 5. The van der Waals surface area contributed by atoms with Gasteiger partial charge < -0.3 is 4.90 Å². The van der Waals surface area contributed by atoms with Crippen molar-refractivity contribution in [2.24, 2.45) is 0 Å². The quantitative estimate of drug-likeness (QED) is 0.760.